The van der Waals surface area contributed by atoms with Crippen LogP contribution in [0, 0.1) is 5.92 Å². The Kier molecular flexibility index (Phi) is 3.47. The number of amides is 1. The Morgan fingerprint density at radius 1 is 1.35 bits per heavy atom. The number of carbonyl (C=O) groups is 1. The molecule has 0 radical (unpaired) electrons. The Hall–Kier alpha value is -0.970. The minimum absolute atomic E-state index is 0.103. The zero-order chi connectivity index (χ0) is 12.5. The van der Waals surface area contributed by atoms with Gasteiger partial charge in [0, 0.05) is 18.4 Å². The van der Waals surface area contributed by atoms with Crippen LogP contribution in [0.15, 0.2) is 30.3 Å². The van der Waals surface area contributed by atoms with Gasteiger partial charge in [-0.3, -0.25) is 4.79 Å². The van der Waals surface area contributed by atoms with Crippen LogP contribution in [-0.4, -0.2) is 28.6 Å². The highest BCUT2D eigenvalue weighted by molar-refractivity contribution is 9.09. The number of halogens is 3. The lowest BCUT2D eigenvalue weighted by atomic mass is 10.1. The molecule has 1 aromatic rings. The lowest BCUT2D eigenvalue weighted by Gasteiger charge is -2.15. The van der Waals surface area contributed by atoms with Crippen molar-refractivity contribution in [1.29, 1.82) is 0 Å². The molecular weight excluding hydrogens is 292 g/mol. The van der Waals surface area contributed by atoms with Gasteiger partial charge in [-0.25, -0.2) is 0 Å². The summed E-state index contributed by atoms with van der Waals surface area (Å²) >= 11 is 3.03. The van der Waals surface area contributed by atoms with Crippen LogP contribution in [0.2, 0.25) is 0 Å². The molecule has 1 aliphatic heterocycles. The lowest BCUT2D eigenvalue weighted by Crippen LogP contribution is -2.35. The van der Waals surface area contributed by atoms with Gasteiger partial charge in [0.15, 0.2) is 0 Å². The van der Waals surface area contributed by atoms with E-state index in [1.54, 1.807) is 0 Å². The lowest BCUT2D eigenvalue weighted by molar-refractivity contribution is -0.150. The van der Waals surface area contributed by atoms with Crippen molar-refractivity contribution in [2.45, 2.75) is 12.5 Å². The standard InChI is InChI=1S/C12H12BrF2NO/c13-6-10-8-16(11(17)12(10,14)15)7-9-4-2-1-3-5-9/h1-5,10H,6-8H2/t10-/m0/s1. The Bertz CT molecular complexity index is 410. The van der Waals surface area contributed by atoms with E-state index >= 15 is 0 Å². The third-order valence-electron chi connectivity index (χ3n) is 2.93. The second kappa shape index (κ2) is 4.72. The van der Waals surface area contributed by atoms with Gasteiger partial charge in [-0.05, 0) is 5.56 Å². The van der Waals surface area contributed by atoms with E-state index in [-0.39, 0.29) is 18.4 Å². The predicted octanol–water partition coefficient (Wildman–Crippen LogP) is 2.68. The fourth-order valence-electron chi connectivity index (χ4n) is 1.93. The number of rotatable bonds is 3. The molecule has 1 aliphatic rings. The maximum absolute atomic E-state index is 13.5. The average molecular weight is 304 g/mol. The second-order valence-corrected chi connectivity index (χ2v) is 4.79. The van der Waals surface area contributed by atoms with Crippen LogP contribution in [-0.2, 0) is 11.3 Å². The van der Waals surface area contributed by atoms with Crippen LogP contribution in [0.3, 0.4) is 0 Å². The van der Waals surface area contributed by atoms with Gasteiger partial charge in [-0.2, -0.15) is 8.78 Å². The molecule has 0 saturated carbocycles. The third kappa shape index (κ3) is 2.34. The van der Waals surface area contributed by atoms with Crippen LogP contribution in [0.4, 0.5) is 8.78 Å². The molecule has 1 aromatic carbocycles. The third-order valence-corrected chi connectivity index (χ3v) is 3.71. The summed E-state index contributed by atoms with van der Waals surface area (Å²) in [4.78, 5) is 12.8. The first-order chi connectivity index (χ1) is 8.05. The van der Waals surface area contributed by atoms with Gasteiger partial charge in [0.2, 0.25) is 0 Å². The molecule has 17 heavy (non-hydrogen) atoms. The minimum atomic E-state index is -3.24. The van der Waals surface area contributed by atoms with Crippen LogP contribution >= 0.6 is 15.9 Å². The number of alkyl halides is 3. The molecule has 0 bridgehead atoms. The van der Waals surface area contributed by atoms with Crippen LogP contribution in [0.25, 0.3) is 0 Å². The number of nitrogens with zero attached hydrogens (tertiary/aromatic N) is 1. The topological polar surface area (TPSA) is 20.3 Å². The van der Waals surface area contributed by atoms with E-state index in [4.69, 9.17) is 0 Å². The summed E-state index contributed by atoms with van der Waals surface area (Å²) in [6.07, 6.45) is 0. The van der Waals surface area contributed by atoms with Gasteiger partial charge < -0.3 is 4.90 Å². The SMILES string of the molecule is O=C1N(Cc2ccccc2)C[C@H](CBr)C1(F)F. The Labute approximate surface area is 107 Å². The van der Waals surface area contributed by atoms with Crippen molar-refractivity contribution in [2.24, 2.45) is 5.92 Å². The monoisotopic (exact) mass is 303 g/mol. The normalized spacial score (nSPS) is 23.1. The van der Waals surface area contributed by atoms with Crippen molar-refractivity contribution in [3.05, 3.63) is 35.9 Å². The molecule has 1 heterocycles. The molecular formula is C12H12BrF2NO. The van der Waals surface area contributed by atoms with Crippen molar-refractivity contribution in [3.8, 4) is 0 Å². The number of hydrogen-bond donors (Lipinski definition) is 0. The Morgan fingerprint density at radius 2 is 2.00 bits per heavy atom. The van der Waals surface area contributed by atoms with Crippen molar-refractivity contribution < 1.29 is 13.6 Å². The van der Waals surface area contributed by atoms with Gasteiger partial charge in [0.05, 0.1) is 5.92 Å². The number of carbonyl (C=O) groups excluding carboxylic acids is 1. The molecule has 1 fully saturated rings. The average Bonchev–Trinajstić information content (AvgIpc) is 2.54. The molecule has 0 aromatic heterocycles. The zero-order valence-electron chi connectivity index (χ0n) is 9.07. The minimum Gasteiger partial charge on any atom is -0.333 e. The molecule has 1 saturated heterocycles. The summed E-state index contributed by atoms with van der Waals surface area (Å²) in [6.45, 7) is 0.352. The van der Waals surface area contributed by atoms with Gasteiger partial charge in [0.25, 0.3) is 5.91 Å². The highest BCUT2D eigenvalue weighted by atomic mass is 79.9. The van der Waals surface area contributed by atoms with E-state index in [1.807, 2.05) is 30.3 Å². The molecule has 1 atom stereocenters. The van der Waals surface area contributed by atoms with E-state index in [2.05, 4.69) is 15.9 Å². The van der Waals surface area contributed by atoms with Crippen molar-refractivity contribution in [3.63, 3.8) is 0 Å². The maximum Gasteiger partial charge on any atom is 0.330 e. The summed E-state index contributed by atoms with van der Waals surface area (Å²) in [7, 11) is 0. The molecule has 0 N–H and O–H groups in total. The first-order valence-corrected chi connectivity index (χ1v) is 6.45. The van der Waals surface area contributed by atoms with E-state index in [1.165, 1.54) is 4.90 Å². The first-order valence-electron chi connectivity index (χ1n) is 5.32. The fourth-order valence-corrected chi connectivity index (χ4v) is 2.55. The zero-order valence-corrected chi connectivity index (χ0v) is 10.7. The molecule has 2 rings (SSSR count). The molecule has 0 aliphatic carbocycles. The first kappa shape index (κ1) is 12.5. The molecule has 1 amide bonds. The molecule has 0 unspecified atom stereocenters. The van der Waals surface area contributed by atoms with Crippen LogP contribution in [0.1, 0.15) is 5.56 Å². The summed E-state index contributed by atoms with van der Waals surface area (Å²) in [6, 6.07) is 9.16. The highest BCUT2D eigenvalue weighted by Crippen LogP contribution is 2.36. The highest BCUT2D eigenvalue weighted by Gasteiger charge is 2.55. The molecule has 92 valence electrons. The van der Waals surface area contributed by atoms with Gasteiger partial charge in [0.1, 0.15) is 0 Å². The summed E-state index contributed by atoms with van der Waals surface area (Å²) in [5.41, 5.74) is 0.867. The smallest absolute Gasteiger partial charge is 0.330 e. The van der Waals surface area contributed by atoms with E-state index in [0.29, 0.717) is 0 Å². The molecule has 0 spiro atoms. The Balaban J connectivity index is 2.12. The largest absolute Gasteiger partial charge is 0.333 e. The van der Waals surface area contributed by atoms with Crippen LogP contribution < -0.4 is 0 Å². The van der Waals surface area contributed by atoms with E-state index in [9.17, 15) is 13.6 Å². The number of likely N-dealkylation sites (tertiary alicyclic amines) is 1. The summed E-state index contributed by atoms with van der Waals surface area (Å²) in [5.74, 6) is -5.23. The van der Waals surface area contributed by atoms with Crippen molar-refractivity contribution in [2.75, 3.05) is 11.9 Å². The van der Waals surface area contributed by atoms with E-state index < -0.39 is 17.7 Å². The number of benzene rings is 1. The van der Waals surface area contributed by atoms with Gasteiger partial charge in [-0.15, -0.1) is 0 Å². The van der Waals surface area contributed by atoms with E-state index in [0.717, 1.165) is 5.56 Å². The summed E-state index contributed by atoms with van der Waals surface area (Å²) in [5, 5.41) is 0.136. The summed E-state index contributed by atoms with van der Waals surface area (Å²) < 4.78 is 27.1. The fraction of sp³-hybridized carbons (Fsp3) is 0.417. The molecule has 2 nitrogen and oxygen atoms in total. The molecule has 5 heteroatoms. The van der Waals surface area contributed by atoms with Gasteiger partial charge in [-0.1, -0.05) is 46.3 Å². The quantitative estimate of drug-likeness (QED) is 0.786. The predicted molar refractivity (Wildman–Crippen MR) is 64.1 cm³/mol. The second-order valence-electron chi connectivity index (χ2n) is 4.15. The maximum atomic E-state index is 13.5. The van der Waals surface area contributed by atoms with Crippen molar-refractivity contribution >= 4 is 21.8 Å². The van der Waals surface area contributed by atoms with Crippen molar-refractivity contribution in [1.82, 2.24) is 4.90 Å². The van der Waals surface area contributed by atoms with Crippen LogP contribution in [0.5, 0.6) is 0 Å². The number of hydrogen-bond acceptors (Lipinski definition) is 1. The van der Waals surface area contributed by atoms with Gasteiger partial charge >= 0.3 is 5.92 Å². The Morgan fingerprint density at radius 3 is 2.53 bits per heavy atom.